The smallest absolute Gasteiger partial charge is 0.417 e. The van der Waals surface area contributed by atoms with Crippen LogP contribution >= 0.6 is 0 Å². The number of fused-ring (bicyclic) bond motifs is 1. The third-order valence-electron chi connectivity index (χ3n) is 2.50. The number of nitrogens with one attached hydrogen (secondary N) is 2. The lowest BCUT2D eigenvalue weighted by atomic mass is 10.3. The van der Waals surface area contributed by atoms with Gasteiger partial charge in [0.05, 0.1) is 17.0 Å². The topological polar surface area (TPSA) is 129 Å². The largest absolute Gasteiger partial charge is 0.481 e. The van der Waals surface area contributed by atoms with Crippen molar-refractivity contribution in [1.29, 1.82) is 0 Å². The summed E-state index contributed by atoms with van der Waals surface area (Å²) in [6, 6.07) is 4.34. The zero-order valence-corrected chi connectivity index (χ0v) is 11.1. The number of benzene rings is 1. The number of H-pyrrole nitrogens is 1. The maximum absolute atomic E-state index is 11.7. The lowest BCUT2D eigenvalue weighted by Crippen LogP contribution is -2.17. The first-order valence-corrected chi connectivity index (χ1v) is 7.36. The molecule has 0 aliphatic heterocycles. The van der Waals surface area contributed by atoms with E-state index in [0.29, 0.717) is 11.1 Å². The van der Waals surface area contributed by atoms with E-state index < -0.39 is 21.7 Å². The molecule has 0 saturated carbocycles. The number of carboxylic acid groups (broad SMARTS) is 1. The Bertz CT molecular complexity index is 789. The van der Waals surface area contributed by atoms with Gasteiger partial charge in [0.1, 0.15) is 0 Å². The van der Waals surface area contributed by atoms with Gasteiger partial charge in [-0.1, -0.05) is 0 Å². The van der Waals surface area contributed by atoms with E-state index in [-0.39, 0.29) is 24.3 Å². The van der Waals surface area contributed by atoms with Gasteiger partial charge in [0.2, 0.25) is 10.0 Å². The van der Waals surface area contributed by atoms with E-state index in [9.17, 15) is 18.0 Å². The number of carbonyl (C=O) groups is 1. The molecular formula is C11H12N2O6S. The Morgan fingerprint density at radius 3 is 2.85 bits per heavy atom. The Balaban J connectivity index is 2.10. The molecule has 108 valence electrons. The zero-order valence-electron chi connectivity index (χ0n) is 10.3. The SMILES string of the molecule is O=C(O)CCCS(=O)(=O)Nc1ccc2oc(=O)[nH]c2c1. The maximum Gasteiger partial charge on any atom is 0.417 e. The van der Waals surface area contributed by atoms with Crippen LogP contribution in [0.1, 0.15) is 12.8 Å². The van der Waals surface area contributed by atoms with Crippen LogP contribution in [0.25, 0.3) is 11.1 Å². The second-order valence-corrected chi connectivity index (χ2v) is 5.99. The second kappa shape index (κ2) is 5.37. The van der Waals surface area contributed by atoms with Gasteiger partial charge in [-0.05, 0) is 24.6 Å². The summed E-state index contributed by atoms with van der Waals surface area (Å²) in [6.07, 6.45) is -0.190. The standard InChI is InChI=1S/C11H12N2O6S/c14-10(15)2-1-5-20(17,18)13-7-3-4-9-8(6-7)12-11(16)19-9/h3-4,6,13H,1-2,5H2,(H,12,16)(H,14,15). The molecule has 1 aromatic heterocycles. The molecule has 8 nitrogen and oxygen atoms in total. The molecule has 3 N–H and O–H groups in total. The van der Waals surface area contributed by atoms with Crippen molar-refractivity contribution < 1.29 is 22.7 Å². The van der Waals surface area contributed by atoms with E-state index in [4.69, 9.17) is 9.52 Å². The highest BCUT2D eigenvalue weighted by Crippen LogP contribution is 2.17. The van der Waals surface area contributed by atoms with E-state index in [1.54, 1.807) is 0 Å². The number of aromatic amines is 1. The van der Waals surface area contributed by atoms with Crippen LogP contribution in [0, 0.1) is 0 Å². The molecule has 0 atom stereocenters. The van der Waals surface area contributed by atoms with Gasteiger partial charge in [-0.15, -0.1) is 0 Å². The fraction of sp³-hybridized carbons (Fsp3) is 0.273. The van der Waals surface area contributed by atoms with E-state index in [1.807, 2.05) is 0 Å². The quantitative estimate of drug-likeness (QED) is 0.721. The molecule has 0 bridgehead atoms. The maximum atomic E-state index is 11.7. The molecule has 0 saturated heterocycles. The lowest BCUT2D eigenvalue weighted by Gasteiger charge is -2.07. The number of hydrogen-bond acceptors (Lipinski definition) is 5. The van der Waals surface area contributed by atoms with Crippen LogP contribution in [0.15, 0.2) is 27.4 Å². The summed E-state index contributed by atoms with van der Waals surface area (Å²) in [6.45, 7) is 0. The third kappa shape index (κ3) is 3.60. The van der Waals surface area contributed by atoms with Crippen LogP contribution in [-0.2, 0) is 14.8 Å². The predicted octanol–water partition coefficient (Wildman–Crippen LogP) is 0.728. The first-order valence-electron chi connectivity index (χ1n) is 5.71. The average Bonchev–Trinajstić information content (AvgIpc) is 2.66. The van der Waals surface area contributed by atoms with Crippen molar-refractivity contribution >= 4 is 32.8 Å². The summed E-state index contributed by atoms with van der Waals surface area (Å²) in [4.78, 5) is 23.7. The van der Waals surface area contributed by atoms with Crippen LogP contribution < -0.4 is 10.5 Å². The highest BCUT2D eigenvalue weighted by molar-refractivity contribution is 7.92. The van der Waals surface area contributed by atoms with E-state index in [0.717, 1.165) is 0 Å². The van der Waals surface area contributed by atoms with Crippen molar-refractivity contribution in [3.05, 3.63) is 28.7 Å². The number of anilines is 1. The monoisotopic (exact) mass is 300 g/mol. The summed E-state index contributed by atoms with van der Waals surface area (Å²) < 4.78 is 30.5. The number of hydrogen-bond donors (Lipinski definition) is 3. The molecule has 2 aromatic rings. The van der Waals surface area contributed by atoms with E-state index in [2.05, 4.69) is 9.71 Å². The Kier molecular flexibility index (Phi) is 3.79. The Labute approximate surface area is 113 Å². The molecule has 1 aromatic carbocycles. The minimum atomic E-state index is -3.63. The second-order valence-electron chi connectivity index (χ2n) is 4.14. The van der Waals surface area contributed by atoms with Crippen molar-refractivity contribution in [2.45, 2.75) is 12.8 Å². The van der Waals surface area contributed by atoms with Crippen molar-refractivity contribution in [3.8, 4) is 0 Å². The van der Waals surface area contributed by atoms with Crippen molar-refractivity contribution in [1.82, 2.24) is 4.98 Å². The van der Waals surface area contributed by atoms with Gasteiger partial charge in [0, 0.05) is 6.42 Å². The summed E-state index contributed by atoms with van der Waals surface area (Å²) in [5.41, 5.74) is 0.967. The summed E-state index contributed by atoms with van der Waals surface area (Å²) in [5, 5.41) is 8.46. The van der Waals surface area contributed by atoms with Gasteiger partial charge in [-0.2, -0.15) is 0 Å². The molecule has 0 unspecified atom stereocenters. The minimum Gasteiger partial charge on any atom is -0.481 e. The molecule has 0 amide bonds. The highest BCUT2D eigenvalue weighted by Gasteiger charge is 2.12. The van der Waals surface area contributed by atoms with Gasteiger partial charge in [0.25, 0.3) is 0 Å². The number of aromatic nitrogens is 1. The lowest BCUT2D eigenvalue weighted by molar-refractivity contribution is -0.137. The van der Waals surface area contributed by atoms with E-state index >= 15 is 0 Å². The molecule has 20 heavy (non-hydrogen) atoms. The molecule has 0 aliphatic rings. The summed E-state index contributed by atoms with van der Waals surface area (Å²) in [5.74, 6) is -1.96. The zero-order chi connectivity index (χ0) is 14.8. The summed E-state index contributed by atoms with van der Waals surface area (Å²) in [7, 11) is -3.63. The Morgan fingerprint density at radius 1 is 1.40 bits per heavy atom. The van der Waals surface area contributed by atoms with Crippen LogP contribution in [0.4, 0.5) is 5.69 Å². The van der Waals surface area contributed by atoms with E-state index in [1.165, 1.54) is 18.2 Å². The van der Waals surface area contributed by atoms with Crippen LogP contribution in [0.5, 0.6) is 0 Å². The number of rotatable bonds is 6. The predicted molar refractivity (Wildman–Crippen MR) is 71.1 cm³/mol. The Hall–Kier alpha value is -2.29. The first-order chi connectivity index (χ1) is 9.35. The minimum absolute atomic E-state index is 0.0233. The number of oxazole rings is 1. The van der Waals surface area contributed by atoms with Gasteiger partial charge >= 0.3 is 11.7 Å². The van der Waals surface area contributed by atoms with Gasteiger partial charge < -0.3 is 9.52 Å². The fourth-order valence-electron chi connectivity index (χ4n) is 1.66. The van der Waals surface area contributed by atoms with Crippen LogP contribution in [-0.4, -0.2) is 30.2 Å². The first kappa shape index (κ1) is 14.1. The average molecular weight is 300 g/mol. The molecular weight excluding hydrogens is 288 g/mol. The number of aliphatic carboxylic acids is 1. The van der Waals surface area contributed by atoms with Gasteiger partial charge in [-0.25, -0.2) is 13.2 Å². The normalized spacial score (nSPS) is 11.6. The number of carboxylic acids is 1. The molecule has 0 radical (unpaired) electrons. The van der Waals surface area contributed by atoms with Crippen LogP contribution in [0.2, 0.25) is 0 Å². The van der Waals surface area contributed by atoms with Gasteiger partial charge in [0.15, 0.2) is 5.58 Å². The van der Waals surface area contributed by atoms with Crippen molar-refractivity contribution in [3.63, 3.8) is 0 Å². The number of sulfonamides is 1. The van der Waals surface area contributed by atoms with Crippen molar-refractivity contribution in [2.75, 3.05) is 10.5 Å². The molecule has 9 heteroatoms. The van der Waals surface area contributed by atoms with Crippen LogP contribution in [0.3, 0.4) is 0 Å². The molecule has 0 aliphatic carbocycles. The molecule has 1 heterocycles. The summed E-state index contributed by atoms with van der Waals surface area (Å²) >= 11 is 0. The molecule has 0 spiro atoms. The molecule has 0 fully saturated rings. The van der Waals surface area contributed by atoms with Gasteiger partial charge in [-0.3, -0.25) is 14.5 Å². The fourth-order valence-corrected chi connectivity index (χ4v) is 2.77. The highest BCUT2D eigenvalue weighted by atomic mass is 32.2. The third-order valence-corrected chi connectivity index (χ3v) is 3.87. The van der Waals surface area contributed by atoms with Crippen molar-refractivity contribution in [2.24, 2.45) is 0 Å². The Morgan fingerprint density at radius 2 is 2.15 bits per heavy atom. The molecule has 2 rings (SSSR count).